The number of hydrogen-bond acceptors (Lipinski definition) is 3. The van der Waals surface area contributed by atoms with E-state index in [1.807, 2.05) is 4.57 Å². The summed E-state index contributed by atoms with van der Waals surface area (Å²) in [6.45, 7) is 4.31. The molecule has 0 amide bonds. The number of aromatic nitrogens is 2. The highest BCUT2D eigenvalue weighted by Crippen LogP contribution is 2.07. The summed E-state index contributed by atoms with van der Waals surface area (Å²) in [5.41, 5.74) is 0.453. The molecular weight excluding hydrogens is 204 g/mol. The van der Waals surface area contributed by atoms with E-state index in [4.69, 9.17) is 0 Å². The molecule has 0 bridgehead atoms. The van der Waals surface area contributed by atoms with E-state index in [0.29, 0.717) is 18.7 Å². The van der Waals surface area contributed by atoms with Crippen LogP contribution in [0.1, 0.15) is 49.4 Å². The van der Waals surface area contributed by atoms with E-state index in [1.165, 1.54) is 0 Å². The van der Waals surface area contributed by atoms with Crippen LogP contribution >= 0.6 is 0 Å². The largest absolute Gasteiger partial charge is 0.334 e. The Bertz CT molecular complexity index is 369. The van der Waals surface area contributed by atoms with Gasteiger partial charge in [0.2, 0.25) is 0 Å². The number of carbonyl (C=O) groups excluding carboxylic acids is 2. The molecule has 88 valence electrons. The Kier molecular flexibility index (Phi) is 4.89. The fourth-order valence-corrected chi connectivity index (χ4v) is 1.54. The van der Waals surface area contributed by atoms with Gasteiger partial charge in [-0.05, 0) is 13.3 Å². The summed E-state index contributed by atoms with van der Waals surface area (Å²) in [6.07, 6.45) is 5.97. The number of aryl methyl sites for hydroxylation is 2. The van der Waals surface area contributed by atoms with E-state index >= 15 is 0 Å². The van der Waals surface area contributed by atoms with Crippen LogP contribution < -0.4 is 0 Å². The van der Waals surface area contributed by atoms with Gasteiger partial charge >= 0.3 is 0 Å². The number of imidazole rings is 1. The second-order valence-electron chi connectivity index (χ2n) is 3.95. The predicted octanol–water partition coefficient (Wildman–Crippen LogP) is 2.02. The fraction of sp³-hybridized carbons (Fsp3) is 0.583. The van der Waals surface area contributed by atoms with E-state index in [-0.39, 0.29) is 5.78 Å². The molecule has 0 aliphatic rings. The van der Waals surface area contributed by atoms with Crippen molar-refractivity contribution < 1.29 is 9.59 Å². The Balaban J connectivity index is 2.73. The van der Waals surface area contributed by atoms with Gasteiger partial charge in [-0.25, -0.2) is 4.98 Å². The molecule has 16 heavy (non-hydrogen) atoms. The zero-order valence-corrected chi connectivity index (χ0v) is 9.90. The van der Waals surface area contributed by atoms with Crippen molar-refractivity contribution in [3.05, 3.63) is 17.7 Å². The molecule has 1 aromatic heterocycles. The second-order valence-corrected chi connectivity index (χ2v) is 3.95. The lowest BCUT2D eigenvalue weighted by molar-refractivity contribution is -0.117. The van der Waals surface area contributed by atoms with Gasteiger partial charge in [-0.15, -0.1) is 0 Å². The van der Waals surface area contributed by atoms with Crippen molar-refractivity contribution in [1.29, 1.82) is 0 Å². The Morgan fingerprint density at radius 3 is 2.88 bits per heavy atom. The molecule has 0 atom stereocenters. The van der Waals surface area contributed by atoms with Crippen LogP contribution in [0.4, 0.5) is 0 Å². The normalized spacial score (nSPS) is 10.4. The molecule has 0 saturated heterocycles. The summed E-state index contributed by atoms with van der Waals surface area (Å²) in [5, 5.41) is 0. The minimum absolute atomic E-state index is 0.155. The summed E-state index contributed by atoms with van der Waals surface area (Å²) in [5.74, 6) is 1.06. The molecule has 0 aromatic carbocycles. The highest BCUT2D eigenvalue weighted by Gasteiger charge is 2.07. The molecule has 1 rings (SSSR count). The lowest BCUT2D eigenvalue weighted by Crippen LogP contribution is -2.06. The van der Waals surface area contributed by atoms with Crippen LogP contribution in [-0.4, -0.2) is 21.6 Å². The van der Waals surface area contributed by atoms with Crippen LogP contribution in [0.5, 0.6) is 0 Å². The molecule has 0 aliphatic heterocycles. The smallest absolute Gasteiger partial charge is 0.170 e. The first-order valence-corrected chi connectivity index (χ1v) is 5.68. The third-order valence-electron chi connectivity index (χ3n) is 2.46. The van der Waals surface area contributed by atoms with Crippen LogP contribution in [-0.2, 0) is 17.8 Å². The van der Waals surface area contributed by atoms with Crippen molar-refractivity contribution >= 4 is 12.1 Å². The minimum Gasteiger partial charge on any atom is -0.334 e. The lowest BCUT2D eigenvalue weighted by Gasteiger charge is -2.05. The molecule has 0 saturated carbocycles. The molecule has 1 aromatic rings. The molecule has 0 aliphatic carbocycles. The van der Waals surface area contributed by atoms with Crippen molar-refractivity contribution in [2.24, 2.45) is 0 Å². The monoisotopic (exact) mass is 222 g/mol. The molecule has 0 radical (unpaired) electrons. The van der Waals surface area contributed by atoms with Crippen LogP contribution in [0.25, 0.3) is 0 Å². The summed E-state index contributed by atoms with van der Waals surface area (Å²) >= 11 is 0. The van der Waals surface area contributed by atoms with E-state index in [1.54, 1.807) is 13.1 Å². The van der Waals surface area contributed by atoms with Crippen LogP contribution in [0.2, 0.25) is 0 Å². The van der Waals surface area contributed by atoms with Gasteiger partial charge in [0.1, 0.15) is 17.3 Å². The molecule has 0 unspecified atom stereocenters. The first-order chi connectivity index (χ1) is 7.67. The van der Waals surface area contributed by atoms with Crippen molar-refractivity contribution in [3.63, 3.8) is 0 Å². The van der Waals surface area contributed by atoms with Crippen molar-refractivity contribution in [2.45, 2.75) is 46.1 Å². The number of Topliss-reactive ketones (excluding diaryl/α,β-unsaturated/α-hetero) is 1. The molecule has 0 N–H and O–H groups in total. The van der Waals surface area contributed by atoms with Gasteiger partial charge in [-0.2, -0.15) is 0 Å². The number of unbranched alkanes of at least 4 members (excludes halogenated alkanes) is 1. The Labute approximate surface area is 95.7 Å². The number of aldehydes is 1. The molecule has 0 fully saturated rings. The third kappa shape index (κ3) is 3.61. The summed E-state index contributed by atoms with van der Waals surface area (Å²) in [6, 6.07) is 0. The Morgan fingerprint density at radius 2 is 2.31 bits per heavy atom. The zero-order chi connectivity index (χ0) is 12.0. The lowest BCUT2D eigenvalue weighted by atomic mass is 10.2. The van der Waals surface area contributed by atoms with Crippen molar-refractivity contribution in [3.8, 4) is 0 Å². The Morgan fingerprint density at radius 1 is 1.56 bits per heavy atom. The molecular formula is C12H18N2O2. The van der Waals surface area contributed by atoms with Gasteiger partial charge < -0.3 is 4.57 Å². The second kappa shape index (κ2) is 6.20. The number of rotatable bonds is 7. The van der Waals surface area contributed by atoms with Gasteiger partial charge in [0.25, 0.3) is 0 Å². The number of nitrogens with zero attached hydrogens (tertiary/aromatic N) is 2. The number of hydrogen-bond donors (Lipinski definition) is 0. The van der Waals surface area contributed by atoms with E-state index in [9.17, 15) is 9.59 Å². The fourth-order valence-electron chi connectivity index (χ4n) is 1.54. The number of ketones is 1. The van der Waals surface area contributed by atoms with E-state index in [0.717, 1.165) is 31.4 Å². The van der Waals surface area contributed by atoms with Gasteiger partial charge in [0.05, 0.1) is 0 Å². The number of carbonyl (C=O) groups is 2. The molecule has 0 spiro atoms. The summed E-state index contributed by atoms with van der Waals surface area (Å²) in [7, 11) is 0. The van der Waals surface area contributed by atoms with Gasteiger partial charge in [0.15, 0.2) is 6.29 Å². The standard InChI is InChI=1S/C12H18N2O2/c1-3-4-5-12-13-11(9-15)8-14(12)7-6-10(2)16/h8-9H,3-7H2,1-2H3. The predicted molar refractivity (Wildman–Crippen MR) is 61.5 cm³/mol. The molecule has 1 heterocycles. The van der Waals surface area contributed by atoms with Gasteiger partial charge in [0, 0.05) is 25.6 Å². The van der Waals surface area contributed by atoms with E-state index < -0.39 is 0 Å². The maximum absolute atomic E-state index is 10.9. The third-order valence-corrected chi connectivity index (χ3v) is 2.46. The first-order valence-electron chi connectivity index (χ1n) is 5.68. The van der Waals surface area contributed by atoms with E-state index in [2.05, 4.69) is 11.9 Å². The quantitative estimate of drug-likeness (QED) is 0.663. The van der Waals surface area contributed by atoms with Crippen molar-refractivity contribution in [2.75, 3.05) is 0 Å². The molecule has 4 nitrogen and oxygen atoms in total. The zero-order valence-electron chi connectivity index (χ0n) is 9.90. The maximum atomic E-state index is 10.9. The van der Waals surface area contributed by atoms with Crippen LogP contribution in [0, 0.1) is 0 Å². The summed E-state index contributed by atoms with van der Waals surface area (Å²) < 4.78 is 1.92. The average Bonchev–Trinajstić information content (AvgIpc) is 2.66. The van der Waals surface area contributed by atoms with Gasteiger partial charge in [-0.3, -0.25) is 9.59 Å². The summed E-state index contributed by atoms with van der Waals surface area (Å²) in [4.78, 5) is 25.8. The maximum Gasteiger partial charge on any atom is 0.170 e. The van der Waals surface area contributed by atoms with Crippen molar-refractivity contribution in [1.82, 2.24) is 9.55 Å². The first kappa shape index (κ1) is 12.6. The van der Waals surface area contributed by atoms with Crippen LogP contribution in [0.15, 0.2) is 6.20 Å². The minimum atomic E-state index is 0.155. The Hall–Kier alpha value is -1.45. The van der Waals surface area contributed by atoms with Crippen LogP contribution in [0.3, 0.4) is 0 Å². The SMILES string of the molecule is CCCCc1nc(C=O)cn1CCC(C)=O. The topological polar surface area (TPSA) is 52.0 Å². The average molecular weight is 222 g/mol. The highest BCUT2D eigenvalue weighted by atomic mass is 16.1. The molecule has 4 heteroatoms. The van der Waals surface area contributed by atoms with Gasteiger partial charge in [-0.1, -0.05) is 13.3 Å². The highest BCUT2D eigenvalue weighted by molar-refractivity contribution is 5.75.